The summed E-state index contributed by atoms with van der Waals surface area (Å²) in [6, 6.07) is 2.54. The molecule has 0 radical (unpaired) electrons. The lowest BCUT2D eigenvalue weighted by molar-refractivity contribution is -0.148. The third-order valence-corrected chi connectivity index (χ3v) is 6.46. The Kier molecular flexibility index (Phi) is 7.24. The number of benzene rings is 2. The SMILES string of the molecule is Cc1cc(C)c(S(=O)(=O)NC(CNc2cc(C(F)(F)F)ccc2Cl)C(F)(F)F)c(C)c1. The second-order valence-electron chi connectivity index (χ2n) is 7.02. The molecule has 0 bridgehead atoms. The van der Waals surface area contributed by atoms with Crippen LogP contribution >= 0.6 is 11.6 Å². The fourth-order valence-electron chi connectivity index (χ4n) is 3.11. The third kappa shape index (κ3) is 6.27. The van der Waals surface area contributed by atoms with E-state index in [1.807, 2.05) is 0 Å². The molecule has 0 amide bonds. The average molecular weight is 489 g/mol. The molecule has 2 N–H and O–H groups in total. The highest BCUT2D eigenvalue weighted by molar-refractivity contribution is 7.89. The molecule has 0 saturated heterocycles. The van der Waals surface area contributed by atoms with Gasteiger partial charge in [0, 0.05) is 6.54 Å². The summed E-state index contributed by atoms with van der Waals surface area (Å²) in [5, 5.41) is 1.92. The zero-order valence-corrected chi connectivity index (χ0v) is 18.1. The van der Waals surface area contributed by atoms with Crippen LogP contribution in [-0.4, -0.2) is 27.2 Å². The van der Waals surface area contributed by atoms with Crippen molar-refractivity contribution in [2.45, 2.75) is 44.1 Å². The Morgan fingerprint density at radius 1 is 0.968 bits per heavy atom. The van der Waals surface area contributed by atoms with Gasteiger partial charge in [-0.3, -0.25) is 0 Å². The second kappa shape index (κ2) is 8.87. The summed E-state index contributed by atoms with van der Waals surface area (Å²) in [6.07, 6.45) is -9.76. The zero-order chi connectivity index (χ0) is 23.8. The van der Waals surface area contributed by atoms with Crippen molar-refractivity contribution >= 4 is 27.3 Å². The van der Waals surface area contributed by atoms with E-state index in [0.29, 0.717) is 12.1 Å². The Hall–Kier alpha value is -1.98. The van der Waals surface area contributed by atoms with Crippen molar-refractivity contribution in [1.29, 1.82) is 0 Å². The van der Waals surface area contributed by atoms with Crippen LogP contribution in [0.15, 0.2) is 35.2 Å². The molecule has 1 atom stereocenters. The molecule has 0 aromatic heterocycles. The normalized spacial score (nSPS) is 13.9. The van der Waals surface area contributed by atoms with E-state index in [1.54, 1.807) is 11.6 Å². The summed E-state index contributed by atoms with van der Waals surface area (Å²) in [6.45, 7) is 3.55. The molecule has 172 valence electrons. The minimum Gasteiger partial charge on any atom is -0.382 e. The standard InChI is InChI=1S/C19H19ClF6N2O2S/c1-10-6-11(2)17(12(3)7-10)31(29,30)28-16(19(24,25)26)9-27-15-8-13(18(21,22)23)4-5-14(15)20/h4-8,16,27-28H,9H2,1-3H3. The van der Waals surface area contributed by atoms with Crippen molar-refractivity contribution in [3.05, 3.63) is 57.6 Å². The van der Waals surface area contributed by atoms with Gasteiger partial charge in [-0.05, 0) is 50.1 Å². The van der Waals surface area contributed by atoms with Gasteiger partial charge in [0.15, 0.2) is 0 Å². The number of aryl methyl sites for hydroxylation is 3. The van der Waals surface area contributed by atoms with Crippen LogP contribution in [0.25, 0.3) is 0 Å². The third-order valence-electron chi connectivity index (χ3n) is 4.36. The van der Waals surface area contributed by atoms with Gasteiger partial charge in [-0.15, -0.1) is 0 Å². The van der Waals surface area contributed by atoms with E-state index in [4.69, 9.17) is 11.6 Å². The Balaban J connectivity index is 2.33. The molecule has 0 saturated carbocycles. The zero-order valence-electron chi connectivity index (χ0n) is 16.5. The Morgan fingerprint density at radius 3 is 2.00 bits per heavy atom. The van der Waals surface area contributed by atoms with E-state index in [2.05, 4.69) is 5.32 Å². The number of hydrogen-bond acceptors (Lipinski definition) is 3. The molecule has 2 aromatic rings. The summed E-state index contributed by atoms with van der Waals surface area (Å²) in [5.74, 6) is 0. The predicted octanol–water partition coefficient (Wildman–Crippen LogP) is 5.61. The van der Waals surface area contributed by atoms with Crippen molar-refractivity contribution in [3.8, 4) is 0 Å². The molecule has 0 fully saturated rings. The lowest BCUT2D eigenvalue weighted by Gasteiger charge is -2.24. The molecule has 1 unspecified atom stereocenters. The first-order valence-electron chi connectivity index (χ1n) is 8.80. The number of alkyl halides is 6. The highest BCUT2D eigenvalue weighted by Gasteiger charge is 2.43. The molecule has 0 aliphatic carbocycles. The Labute approximate surface area is 180 Å². The van der Waals surface area contributed by atoms with Gasteiger partial charge in [0.1, 0.15) is 6.04 Å². The molecule has 0 heterocycles. The number of halogens is 7. The van der Waals surface area contributed by atoms with Crippen molar-refractivity contribution in [1.82, 2.24) is 4.72 Å². The van der Waals surface area contributed by atoms with Gasteiger partial charge in [0.05, 0.1) is 21.2 Å². The van der Waals surface area contributed by atoms with E-state index in [0.717, 1.165) is 11.6 Å². The van der Waals surface area contributed by atoms with E-state index in [-0.39, 0.29) is 21.0 Å². The van der Waals surface area contributed by atoms with Crippen molar-refractivity contribution in [2.75, 3.05) is 11.9 Å². The first-order valence-corrected chi connectivity index (χ1v) is 10.7. The lowest BCUT2D eigenvalue weighted by atomic mass is 10.1. The molecular weight excluding hydrogens is 470 g/mol. The van der Waals surface area contributed by atoms with Gasteiger partial charge in [0.2, 0.25) is 10.0 Å². The molecule has 0 aliphatic heterocycles. The van der Waals surface area contributed by atoms with Crippen LogP contribution in [0.1, 0.15) is 22.3 Å². The van der Waals surface area contributed by atoms with Crippen LogP contribution in [0, 0.1) is 20.8 Å². The molecule has 2 rings (SSSR count). The van der Waals surface area contributed by atoms with Crippen LogP contribution in [0.3, 0.4) is 0 Å². The second-order valence-corrected chi connectivity index (χ2v) is 9.07. The molecule has 0 aliphatic rings. The lowest BCUT2D eigenvalue weighted by Crippen LogP contribution is -2.49. The molecule has 4 nitrogen and oxygen atoms in total. The minimum atomic E-state index is -5.03. The van der Waals surface area contributed by atoms with Gasteiger partial charge >= 0.3 is 12.4 Å². The molecular formula is C19H19ClF6N2O2S. The number of sulfonamides is 1. The number of nitrogens with one attached hydrogen (secondary N) is 2. The smallest absolute Gasteiger partial charge is 0.382 e. The molecule has 0 spiro atoms. The Bertz CT molecular complexity index is 1050. The van der Waals surface area contributed by atoms with E-state index < -0.39 is 46.2 Å². The van der Waals surface area contributed by atoms with Gasteiger partial charge in [-0.25, -0.2) is 8.42 Å². The first kappa shape index (κ1) is 25.3. The molecule has 31 heavy (non-hydrogen) atoms. The molecule has 2 aromatic carbocycles. The Morgan fingerprint density at radius 2 is 1.52 bits per heavy atom. The fourth-order valence-corrected chi connectivity index (χ4v) is 4.97. The predicted molar refractivity (Wildman–Crippen MR) is 106 cm³/mol. The van der Waals surface area contributed by atoms with E-state index >= 15 is 0 Å². The van der Waals surface area contributed by atoms with Gasteiger partial charge < -0.3 is 5.32 Å². The summed E-state index contributed by atoms with van der Waals surface area (Å²) >= 11 is 5.78. The van der Waals surface area contributed by atoms with Crippen LogP contribution in [-0.2, 0) is 16.2 Å². The number of rotatable bonds is 6. The van der Waals surface area contributed by atoms with Crippen molar-refractivity contribution in [3.63, 3.8) is 0 Å². The van der Waals surface area contributed by atoms with Crippen molar-refractivity contribution < 1.29 is 34.8 Å². The fraction of sp³-hybridized carbons (Fsp3) is 0.368. The highest BCUT2D eigenvalue weighted by Crippen LogP contribution is 2.34. The summed E-state index contributed by atoms with van der Waals surface area (Å²) < 4.78 is 106. The minimum absolute atomic E-state index is 0.248. The number of hydrogen-bond donors (Lipinski definition) is 2. The highest BCUT2D eigenvalue weighted by atomic mass is 35.5. The van der Waals surface area contributed by atoms with E-state index in [1.165, 1.54) is 26.0 Å². The molecule has 12 heteroatoms. The van der Waals surface area contributed by atoms with Crippen molar-refractivity contribution in [2.24, 2.45) is 0 Å². The van der Waals surface area contributed by atoms with Gasteiger partial charge in [-0.1, -0.05) is 29.3 Å². The first-order chi connectivity index (χ1) is 14.0. The van der Waals surface area contributed by atoms with Gasteiger partial charge in [0.25, 0.3) is 0 Å². The maximum Gasteiger partial charge on any atom is 0.416 e. The monoisotopic (exact) mass is 488 g/mol. The quantitative estimate of drug-likeness (QED) is 0.520. The average Bonchev–Trinajstić information content (AvgIpc) is 2.56. The van der Waals surface area contributed by atoms with Crippen LogP contribution < -0.4 is 10.0 Å². The summed E-state index contributed by atoms with van der Waals surface area (Å²) in [5.41, 5.74) is -0.260. The van der Waals surface area contributed by atoms with Gasteiger partial charge in [-0.2, -0.15) is 31.1 Å². The topological polar surface area (TPSA) is 58.2 Å². The van der Waals surface area contributed by atoms with Crippen LogP contribution in [0.4, 0.5) is 32.0 Å². The number of anilines is 1. The van der Waals surface area contributed by atoms with Crippen LogP contribution in [0.5, 0.6) is 0 Å². The summed E-state index contributed by atoms with van der Waals surface area (Å²) in [7, 11) is -4.59. The maximum atomic E-state index is 13.5. The van der Waals surface area contributed by atoms with Crippen LogP contribution in [0.2, 0.25) is 5.02 Å². The maximum absolute atomic E-state index is 13.5. The van der Waals surface area contributed by atoms with E-state index in [9.17, 15) is 34.8 Å². The largest absolute Gasteiger partial charge is 0.416 e. The summed E-state index contributed by atoms with van der Waals surface area (Å²) in [4.78, 5) is -0.288.